The Morgan fingerprint density at radius 1 is 1.10 bits per heavy atom. The molecule has 0 saturated carbocycles. The zero-order valence-electron chi connectivity index (χ0n) is 15.0. The van der Waals surface area contributed by atoms with E-state index in [9.17, 15) is 4.79 Å². The fourth-order valence-corrected chi connectivity index (χ4v) is 0.772. The van der Waals surface area contributed by atoms with E-state index in [1.165, 1.54) is 0 Å². The van der Waals surface area contributed by atoms with Crippen LogP contribution in [0.25, 0.3) is 0 Å². The van der Waals surface area contributed by atoms with Gasteiger partial charge in [-0.2, -0.15) is 0 Å². The Morgan fingerprint density at radius 3 is 1.75 bits per heavy atom. The molecule has 0 aliphatic rings. The van der Waals surface area contributed by atoms with Gasteiger partial charge in [0.15, 0.2) is 0 Å². The first-order chi connectivity index (χ1) is 9.39. The maximum Gasteiger partial charge on any atom is 0.130 e. The lowest BCUT2D eigenvalue weighted by molar-refractivity contribution is -0.116. The van der Waals surface area contributed by atoms with E-state index < -0.39 is 0 Å². The standard InChI is InChI=1S/C11H19O.C4H6.2C2H6/c1-5-11(3,4)9-7-6-8-10(2)12;1-3-4-2;2*1-2/h7,9H,3,5-6,8H2,1-2,4H3;3-4H,1-2H2;2*1-2H3/b9-7+;;;. The van der Waals surface area contributed by atoms with E-state index in [-0.39, 0.29) is 11.2 Å². The van der Waals surface area contributed by atoms with Crippen molar-refractivity contribution in [2.24, 2.45) is 5.41 Å². The first kappa shape index (κ1) is 27.3. The molecule has 0 aromatic carbocycles. The molecule has 1 heteroatoms. The largest absolute Gasteiger partial charge is 0.300 e. The molecule has 0 aromatic rings. The van der Waals surface area contributed by atoms with Crippen molar-refractivity contribution < 1.29 is 4.79 Å². The van der Waals surface area contributed by atoms with Gasteiger partial charge in [0.2, 0.25) is 0 Å². The molecule has 0 spiro atoms. The minimum absolute atomic E-state index is 0.0385. The van der Waals surface area contributed by atoms with Gasteiger partial charge in [0.05, 0.1) is 0 Å². The van der Waals surface area contributed by atoms with Crippen LogP contribution in [0.4, 0.5) is 0 Å². The van der Waals surface area contributed by atoms with Gasteiger partial charge in [-0.05, 0) is 32.1 Å². The SMILES string of the molecule is C=CC=C.CC.CC.[CH2]C(C)(/C=C/CCC(C)=O)CC. The topological polar surface area (TPSA) is 17.1 Å². The lowest BCUT2D eigenvalue weighted by Gasteiger charge is -2.16. The zero-order chi connectivity index (χ0) is 17.0. The van der Waals surface area contributed by atoms with E-state index in [1.54, 1.807) is 19.1 Å². The van der Waals surface area contributed by atoms with E-state index in [1.807, 2.05) is 27.7 Å². The van der Waals surface area contributed by atoms with Gasteiger partial charge in [0, 0.05) is 6.42 Å². The number of carbonyl (C=O) groups is 1. The van der Waals surface area contributed by atoms with Crippen LogP contribution in [0.5, 0.6) is 0 Å². The molecular formula is C19H37O. The molecule has 0 amide bonds. The van der Waals surface area contributed by atoms with Crippen molar-refractivity contribution in [1.82, 2.24) is 0 Å². The number of carbonyl (C=O) groups excluding carboxylic acids is 1. The van der Waals surface area contributed by atoms with Crippen LogP contribution in [0.3, 0.4) is 0 Å². The molecule has 1 radical (unpaired) electrons. The number of Topliss-reactive ketones (excluding diaryl/α,β-unsaturated/α-hetero) is 1. The van der Waals surface area contributed by atoms with E-state index >= 15 is 0 Å². The van der Waals surface area contributed by atoms with Crippen molar-refractivity contribution in [3.05, 3.63) is 44.4 Å². The third kappa shape index (κ3) is 36.0. The highest BCUT2D eigenvalue weighted by Gasteiger charge is 2.08. The Hall–Kier alpha value is -1.11. The third-order valence-electron chi connectivity index (χ3n) is 2.16. The second-order valence-corrected chi connectivity index (χ2v) is 4.12. The predicted molar refractivity (Wildman–Crippen MR) is 95.9 cm³/mol. The molecule has 0 rings (SSSR count). The Labute approximate surface area is 128 Å². The van der Waals surface area contributed by atoms with Crippen molar-refractivity contribution in [3.63, 3.8) is 0 Å². The zero-order valence-corrected chi connectivity index (χ0v) is 15.0. The molecule has 1 atom stereocenters. The molecule has 0 aliphatic carbocycles. The molecule has 20 heavy (non-hydrogen) atoms. The fraction of sp³-hybridized carbons (Fsp3) is 0.579. The molecule has 0 saturated heterocycles. The van der Waals surface area contributed by atoms with Gasteiger partial charge in [0.25, 0.3) is 0 Å². The second kappa shape index (κ2) is 23.0. The van der Waals surface area contributed by atoms with Crippen molar-refractivity contribution in [1.29, 1.82) is 0 Å². The molecule has 0 aromatic heterocycles. The lowest BCUT2D eigenvalue weighted by Crippen LogP contribution is -2.04. The van der Waals surface area contributed by atoms with Crippen LogP contribution >= 0.6 is 0 Å². The summed E-state index contributed by atoms with van der Waals surface area (Å²) in [6.07, 6.45) is 9.95. The van der Waals surface area contributed by atoms with Crippen LogP contribution in [0, 0.1) is 12.3 Å². The first-order valence-electron chi connectivity index (χ1n) is 7.65. The van der Waals surface area contributed by atoms with Crippen molar-refractivity contribution in [2.45, 2.75) is 67.7 Å². The molecule has 0 bridgehead atoms. The fourth-order valence-electron chi connectivity index (χ4n) is 0.772. The number of allylic oxidation sites excluding steroid dienone is 4. The van der Waals surface area contributed by atoms with E-state index in [4.69, 9.17) is 0 Å². The highest BCUT2D eigenvalue weighted by atomic mass is 16.1. The van der Waals surface area contributed by atoms with Crippen molar-refractivity contribution in [2.75, 3.05) is 0 Å². The maximum atomic E-state index is 10.6. The Bertz CT molecular complexity index is 228. The van der Waals surface area contributed by atoms with Gasteiger partial charge in [-0.25, -0.2) is 0 Å². The lowest BCUT2D eigenvalue weighted by atomic mass is 9.89. The van der Waals surface area contributed by atoms with Crippen LogP contribution in [0.2, 0.25) is 0 Å². The molecule has 0 N–H and O–H groups in total. The van der Waals surface area contributed by atoms with Crippen LogP contribution in [0.1, 0.15) is 67.7 Å². The van der Waals surface area contributed by atoms with E-state index in [0.717, 1.165) is 12.8 Å². The summed E-state index contributed by atoms with van der Waals surface area (Å²) in [6, 6.07) is 0. The molecule has 0 heterocycles. The van der Waals surface area contributed by atoms with Crippen LogP contribution in [-0.4, -0.2) is 5.78 Å². The first-order valence-corrected chi connectivity index (χ1v) is 7.65. The average Bonchev–Trinajstić information content (AvgIpc) is 2.48. The summed E-state index contributed by atoms with van der Waals surface area (Å²) in [4.78, 5) is 10.6. The van der Waals surface area contributed by atoms with Crippen LogP contribution < -0.4 is 0 Å². The summed E-state index contributed by atoms with van der Waals surface area (Å²) in [5.74, 6) is 0.252. The summed E-state index contributed by atoms with van der Waals surface area (Å²) in [5.41, 5.74) is 0.0385. The van der Waals surface area contributed by atoms with Crippen molar-refractivity contribution >= 4 is 5.78 Å². The highest BCUT2D eigenvalue weighted by molar-refractivity contribution is 5.75. The summed E-state index contributed by atoms with van der Waals surface area (Å²) in [5, 5.41) is 0. The number of hydrogen-bond donors (Lipinski definition) is 0. The van der Waals surface area contributed by atoms with Crippen LogP contribution in [0.15, 0.2) is 37.5 Å². The average molecular weight is 282 g/mol. The summed E-state index contributed by atoms with van der Waals surface area (Å²) >= 11 is 0. The number of hydrogen-bond acceptors (Lipinski definition) is 1. The van der Waals surface area contributed by atoms with E-state index in [0.29, 0.717) is 6.42 Å². The predicted octanol–water partition coefficient (Wildman–Crippen LogP) is 6.57. The van der Waals surface area contributed by atoms with Crippen LogP contribution in [-0.2, 0) is 4.79 Å². The molecular weight excluding hydrogens is 244 g/mol. The Kier molecular flexibility index (Phi) is 31.4. The minimum Gasteiger partial charge on any atom is -0.300 e. The molecule has 0 fully saturated rings. The van der Waals surface area contributed by atoms with Gasteiger partial charge < -0.3 is 4.79 Å². The summed E-state index contributed by atoms with van der Waals surface area (Å²) in [7, 11) is 0. The second-order valence-electron chi connectivity index (χ2n) is 4.12. The summed E-state index contributed by atoms with van der Waals surface area (Å²) in [6.45, 7) is 24.6. The number of ketones is 1. The highest BCUT2D eigenvalue weighted by Crippen LogP contribution is 2.20. The van der Waals surface area contributed by atoms with Gasteiger partial charge in [0.1, 0.15) is 5.78 Å². The normalized spacial score (nSPS) is 9.00. The quantitative estimate of drug-likeness (QED) is 0.397. The van der Waals surface area contributed by atoms with Gasteiger partial charge >= 0.3 is 0 Å². The third-order valence-corrected chi connectivity index (χ3v) is 2.16. The summed E-state index contributed by atoms with van der Waals surface area (Å²) < 4.78 is 0. The molecule has 1 unspecified atom stereocenters. The molecule has 119 valence electrons. The van der Waals surface area contributed by atoms with E-state index in [2.05, 4.69) is 46.1 Å². The van der Waals surface area contributed by atoms with Gasteiger partial charge in [-0.15, -0.1) is 0 Å². The van der Waals surface area contributed by atoms with Crippen molar-refractivity contribution in [3.8, 4) is 0 Å². The number of rotatable bonds is 6. The smallest absolute Gasteiger partial charge is 0.130 e. The molecule has 1 nitrogen and oxygen atoms in total. The van der Waals surface area contributed by atoms with Gasteiger partial charge in [-0.3, -0.25) is 0 Å². The Balaban J connectivity index is -0.000000134. The maximum absolute atomic E-state index is 10.6. The Morgan fingerprint density at radius 2 is 1.50 bits per heavy atom. The molecule has 0 aliphatic heterocycles. The van der Waals surface area contributed by atoms with Gasteiger partial charge in [-0.1, -0.05) is 79.0 Å². The minimum atomic E-state index is 0.0385. The monoisotopic (exact) mass is 281 g/mol.